The van der Waals surface area contributed by atoms with E-state index in [-0.39, 0.29) is 24.2 Å². The fraction of sp³-hybridized carbons (Fsp3) is 0.688. The highest BCUT2D eigenvalue weighted by Crippen LogP contribution is 2.41. The SMILES string of the molecule is Cl.NC1C2CCCC1CC(C(=O)NCCc1ccc(Cl)s1)C2. The number of halogens is 2. The van der Waals surface area contributed by atoms with Crippen molar-refractivity contribution < 1.29 is 4.79 Å². The van der Waals surface area contributed by atoms with E-state index in [2.05, 4.69) is 5.32 Å². The van der Waals surface area contributed by atoms with E-state index in [1.807, 2.05) is 12.1 Å². The molecule has 2 saturated carbocycles. The molecule has 3 N–H and O–H groups in total. The highest BCUT2D eigenvalue weighted by atomic mass is 35.5. The molecule has 3 nitrogen and oxygen atoms in total. The predicted molar refractivity (Wildman–Crippen MR) is 94.8 cm³/mol. The summed E-state index contributed by atoms with van der Waals surface area (Å²) in [7, 11) is 0. The third kappa shape index (κ3) is 4.16. The van der Waals surface area contributed by atoms with Crippen molar-refractivity contribution in [1.82, 2.24) is 5.32 Å². The summed E-state index contributed by atoms with van der Waals surface area (Å²) in [5.74, 6) is 1.52. The van der Waals surface area contributed by atoms with Gasteiger partial charge in [0.1, 0.15) is 0 Å². The monoisotopic (exact) mass is 362 g/mol. The van der Waals surface area contributed by atoms with Crippen molar-refractivity contribution in [3.8, 4) is 0 Å². The normalized spacial score (nSPS) is 30.5. The quantitative estimate of drug-likeness (QED) is 0.858. The first-order valence-electron chi connectivity index (χ1n) is 7.91. The van der Waals surface area contributed by atoms with Gasteiger partial charge in [-0.1, -0.05) is 18.0 Å². The molecule has 6 heteroatoms. The van der Waals surface area contributed by atoms with Gasteiger partial charge in [0.2, 0.25) is 5.91 Å². The Morgan fingerprint density at radius 1 is 1.32 bits per heavy atom. The van der Waals surface area contributed by atoms with Crippen LogP contribution in [0.25, 0.3) is 0 Å². The highest BCUT2D eigenvalue weighted by molar-refractivity contribution is 7.16. The Morgan fingerprint density at radius 3 is 2.59 bits per heavy atom. The Morgan fingerprint density at radius 2 is 2.00 bits per heavy atom. The number of hydrogen-bond acceptors (Lipinski definition) is 3. The van der Waals surface area contributed by atoms with Crippen molar-refractivity contribution in [3.63, 3.8) is 0 Å². The first-order valence-corrected chi connectivity index (χ1v) is 9.10. The van der Waals surface area contributed by atoms with E-state index in [4.69, 9.17) is 17.3 Å². The van der Waals surface area contributed by atoms with E-state index in [9.17, 15) is 4.79 Å². The van der Waals surface area contributed by atoms with E-state index in [1.165, 1.54) is 24.1 Å². The second-order valence-corrected chi connectivity index (χ2v) is 8.24. The van der Waals surface area contributed by atoms with Crippen LogP contribution in [-0.4, -0.2) is 18.5 Å². The van der Waals surface area contributed by atoms with Gasteiger partial charge in [-0.25, -0.2) is 0 Å². The minimum absolute atomic E-state index is 0. The van der Waals surface area contributed by atoms with Crippen LogP contribution in [0.4, 0.5) is 0 Å². The van der Waals surface area contributed by atoms with Crippen molar-refractivity contribution >= 4 is 41.3 Å². The number of nitrogens with one attached hydrogen (secondary N) is 1. The fourth-order valence-corrected chi connectivity index (χ4v) is 5.03. The van der Waals surface area contributed by atoms with Gasteiger partial charge in [0.05, 0.1) is 4.34 Å². The van der Waals surface area contributed by atoms with Crippen LogP contribution in [0.1, 0.15) is 37.0 Å². The van der Waals surface area contributed by atoms with E-state index >= 15 is 0 Å². The van der Waals surface area contributed by atoms with E-state index in [0.29, 0.717) is 24.4 Å². The molecule has 2 fully saturated rings. The molecule has 0 aliphatic heterocycles. The Kier molecular flexibility index (Phi) is 6.57. The van der Waals surface area contributed by atoms with Crippen LogP contribution in [-0.2, 0) is 11.2 Å². The lowest BCUT2D eigenvalue weighted by Crippen LogP contribution is -2.49. The lowest BCUT2D eigenvalue weighted by atomic mass is 9.65. The van der Waals surface area contributed by atoms with Crippen molar-refractivity contribution in [1.29, 1.82) is 0 Å². The standard InChI is InChI=1S/C16H23ClN2OS.ClH/c17-14-5-4-13(21-14)6-7-19-16(20)12-8-10-2-1-3-11(9-12)15(10)18;/h4-5,10-12,15H,1-3,6-9,18H2,(H,19,20);1H. The van der Waals surface area contributed by atoms with Gasteiger partial charge in [-0.2, -0.15) is 0 Å². The summed E-state index contributed by atoms with van der Waals surface area (Å²) in [5.41, 5.74) is 6.28. The number of carbonyl (C=O) groups is 1. The van der Waals surface area contributed by atoms with Crippen molar-refractivity contribution in [2.24, 2.45) is 23.5 Å². The molecule has 2 bridgehead atoms. The summed E-state index contributed by atoms with van der Waals surface area (Å²) < 4.78 is 0.811. The molecule has 0 radical (unpaired) electrons. The second kappa shape index (κ2) is 8.00. The second-order valence-electron chi connectivity index (χ2n) is 6.44. The summed E-state index contributed by atoms with van der Waals surface area (Å²) in [6, 6.07) is 4.27. The molecule has 0 spiro atoms. The van der Waals surface area contributed by atoms with Crippen LogP contribution >= 0.6 is 35.3 Å². The van der Waals surface area contributed by atoms with Crippen LogP contribution < -0.4 is 11.1 Å². The Balaban J connectivity index is 0.00000176. The van der Waals surface area contributed by atoms with Crippen molar-refractivity contribution in [2.75, 3.05) is 6.54 Å². The molecule has 1 aromatic rings. The minimum atomic E-state index is 0. The zero-order valence-corrected chi connectivity index (χ0v) is 15.0. The van der Waals surface area contributed by atoms with E-state index in [1.54, 1.807) is 11.3 Å². The molecule has 1 aromatic heterocycles. The zero-order chi connectivity index (χ0) is 14.8. The number of nitrogens with two attached hydrogens (primary N) is 1. The maximum Gasteiger partial charge on any atom is 0.223 e. The molecule has 1 heterocycles. The topological polar surface area (TPSA) is 55.1 Å². The van der Waals surface area contributed by atoms with Gasteiger partial charge in [-0.05, 0) is 56.1 Å². The Bertz CT molecular complexity index is 494. The molecule has 1 amide bonds. The van der Waals surface area contributed by atoms with Crippen molar-refractivity contribution in [2.45, 2.75) is 44.6 Å². The van der Waals surface area contributed by atoms with E-state index in [0.717, 1.165) is 23.6 Å². The molecule has 0 aromatic carbocycles. The van der Waals surface area contributed by atoms with Crippen LogP contribution in [0.3, 0.4) is 0 Å². The predicted octanol–water partition coefficient (Wildman–Crippen LogP) is 3.64. The third-order valence-electron chi connectivity index (χ3n) is 5.08. The van der Waals surface area contributed by atoms with Gasteiger partial charge in [0, 0.05) is 23.4 Å². The number of rotatable bonds is 4. The molecule has 2 aliphatic carbocycles. The summed E-state index contributed by atoms with van der Waals surface area (Å²) in [6.45, 7) is 0.702. The Hall–Kier alpha value is -0.290. The summed E-state index contributed by atoms with van der Waals surface area (Å²) in [6.07, 6.45) is 6.52. The van der Waals surface area contributed by atoms with Crippen LogP contribution in [0, 0.1) is 17.8 Å². The highest BCUT2D eigenvalue weighted by Gasteiger charge is 2.40. The van der Waals surface area contributed by atoms with Gasteiger partial charge >= 0.3 is 0 Å². The zero-order valence-electron chi connectivity index (χ0n) is 12.6. The van der Waals surface area contributed by atoms with Crippen LogP contribution in [0.15, 0.2) is 12.1 Å². The van der Waals surface area contributed by atoms with Gasteiger partial charge in [-0.15, -0.1) is 23.7 Å². The molecule has 0 saturated heterocycles. The number of thiophene rings is 1. The maximum atomic E-state index is 12.4. The largest absolute Gasteiger partial charge is 0.356 e. The first kappa shape index (κ1) is 18.1. The molecule has 2 aliphatic rings. The average molecular weight is 363 g/mol. The van der Waals surface area contributed by atoms with E-state index < -0.39 is 0 Å². The molecule has 2 unspecified atom stereocenters. The number of amides is 1. The molecule has 124 valence electrons. The molecular weight excluding hydrogens is 339 g/mol. The number of carbonyl (C=O) groups excluding carboxylic acids is 1. The lowest BCUT2D eigenvalue weighted by molar-refractivity contribution is -0.127. The Labute approximate surface area is 147 Å². The van der Waals surface area contributed by atoms with Gasteiger partial charge in [-0.3, -0.25) is 4.79 Å². The average Bonchev–Trinajstić information content (AvgIpc) is 2.84. The molecule has 22 heavy (non-hydrogen) atoms. The lowest BCUT2D eigenvalue weighted by Gasteiger charge is -2.43. The van der Waals surface area contributed by atoms with Crippen LogP contribution in [0.2, 0.25) is 4.34 Å². The van der Waals surface area contributed by atoms with Gasteiger partial charge in [0.15, 0.2) is 0 Å². The van der Waals surface area contributed by atoms with Crippen molar-refractivity contribution in [3.05, 3.63) is 21.3 Å². The summed E-state index contributed by atoms with van der Waals surface area (Å²) in [4.78, 5) is 13.6. The maximum absolute atomic E-state index is 12.4. The minimum Gasteiger partial charge on any atom is -0.356 e. The molecular formula is C16H24Cl2N2OS. The molecule has 3 rings (SSSR count). The number of hydrogen-bond donors (Lipinski definition) is 2. The summed E-state index contributed by atoms with van der Waals surface area (Å²) >= 11 is 7.50. The first-order chi connectivity index (χ1) is 10.1. The molecule has 2 atom stereocenters. The smallest absolute Gasteiger partial charge is 0.223 e. The summed E-state index contributed by atoms with van der Waals surface area (Å²) in [5, 5.41) is 3.10. The van der Waals surface area contributed by atoms with Gasteiger partial charge in [0.25, 0.3) is 0 Å². The number of fused-ring (bicyclic) bond motifs is 2. The van der Waals surface area contributed by atoms with Gasteiger partial charge < -0.3 is 11.1 Å². The fourth-order valence-electron chi connectivity index (χ4n) is 3.94. The third-order valence-corrected chi connectivity index (χ3v) is 6.37. The van der Waals surface area contributed by atoms with Crippen LogP contribution in [0.5, 0.6) is 0 Å².